The van der Waals surface area contributed by atoms with E-state index in [1.165, 1.54) is 6.39 Å². The van der Waals surface area contributed by atoms with Crippen LogP contribution in [0.25, 0.3) is 0 Å². The van der Waals surface area contributed by atoms with Crippen LogP contribution < -0.4 is 0 Å². The minimum absolute atomic E-state index is 0.121. The maximum absolute atomic E-state index is 12.5. The number of carbonyl (C=O) groups excluding carboxylic acids is 2. The molecule has 0 aromatic carbocycles. The first-order valence-corrected chi connectivity index (χ1v) is 8.57. The molecule has 1 aliphatic rings. The zero-order valence-corrected chi connectivity index (χ0v) is 13.8. The third kappa shape index (κ3) is 3.61. The summed E-state index contributed by atoms with van der Waals surface area (Å²) in [6.45, 7) is 4.14. The van der Waals surface area contributed by atoms with E-state index in [4.69, 9.17) is 4.42 Å². The van der Waals surface area contributed by atoms with Crippen LogP contribution in [-0.4, -0.2) is 52.8 Å². The molecular weight excluding hydrogens is 314 g/mol. The Bertz CT molecular complexity index is 681. The quantitative estimate of drug-likeness (QED) is 0.861. The molecule has 2 aromatic heterocycles. The highest BCUT2D eigenvalue weighted by molar-refractivity contribution is 7.08. The number of aromatic nitrogens is 1. The van der Waals surface area contributed by atoms with E-state index < -0.39 is 0 Å². The maximum Gasteiger partial charge on any atom is 0.276 e. The second-order valence-corrected chi connectivity index (χ2v) is 6.37. The van der Waals surface area contributed by atoms with Crippen molar-refractivity contribution in [1.82, 2.24) is 14.8 Å². The monoisotopic (exact) mass is 333 g/mol. The Morgan fingerprint density at radius 3 is 2.74 bits per heavy atom. The van der Waals surface area contributed by atoms with Crippen LogP contribution in [0.15, 0.2) is 27.6 Å². The third-order valence-electron chi connectivity index (χ3n) is 4.02. The van der Waals surface area contributed by atoms with Crippen LogP contribution in [0.2, 0.25) is 0 Å². The number of hydrogen-bond donors (Lipinski definition) is 0. The van der Waals surface area contributed by atoms with Gasteiger partial charge >= 0.3 is 0 Å². The van der Waals surface area contributed by atoms with Crippen molar-refractivity contribution in [3.63, 3.8) is 0 Å². The summed E-state index contributed by atoms with van der Waals surface area (Å²) in [5.74, 6) is 0.531. The summed E-state index contributed by atoms with van der Waals surface area (Å²) in [5.41, 5.74) is 1.42. The van der Waals surface area contributed by atoms with Crippen molar-refractivity contribution in [2.24, 2.45) is 0 Å². The molecule has 2 aromatic rings. The van der Waals surface area contributed by atoms with Crippen LogP contribution in [0.5, 0.6) is 0 Å². The zero-order chi connectivity index (χ0) is 16.2. The number of carbonyl (C=O) groups is 2. The molecule has 0 bridgehead atoms. The van der Waals surface area contributed by atoms with Crippen molar-refractivity contribution in [3.05, 3.63) is 40.2 Å². The summed E-state index contributed by atoms with van der Waals surface area (Å²) >= 11 is 1.60. The van der Waals surface area contributed by atoms with E-state index in [1.54, 1.807) is 23.2 Å². The zero-order valence-electron chi connectivity index (χ0n) is 13.0. The second kappa shape index (κ2) is 6.95. The molecule has 1 aliphatic heterocycles. The molecule has 0 spiro atoms. The SMILES string of the molecule is Cc1ocnc1C(=O)N1CCCN(C(=O)Cc2ccsc2)CC1. The normalized spacial score (nSPS) is 15.5. The van der Waals surface area contributed by atoms with Gasteiger partial charge in [-0.25, -0.2) is 4.98 Å². The molecule has 0 aliphatic carbocycles. The summed E-state index contributed by atoms with van der Waals surface area (Å²) in [6.07, 6.45) is 2.49. The number of rotatable bonds is 3. The van der Waals surface area contributed by atoms with Crippen LogP contribution in [0.1, 0.15) is 28.2 Å². The van der Waals surface area contributed by atoms with Crippen LogP contribution in [0, 0.1) is 6.92 Å². The third-order valence-corrected chi connectivity index (χ3v) is 4.75. The average molecular weight is 333 g/mol. The Labute approximate surface area is 138 Å². The van der Waals surface area contributed by atoms with Crippen molar-refractivity contribution >= 4 is 23.2 Å². The highest BCUT2D eigenvalue weighted by Gasteiger charge is 2.25. The molecule has 3 rings (SSSR count). The molecule has 23 heavy (non-hydrogen) atoms. The molecule has 122 valence electrons. The van der Waals surface area contributed by atoms with Gasteiger partial charge in [0, 0.05) is 26.2 Å². The summed E-state index contributed by atoms with van der Waals surface area (Å²) in [5, 5.41) is 3.98. The Kier molecular flexibility index (Phi) is 4.76. The van der Waals surface area contributed by atoms with Crippen molar-refractivity contribution in [1.29, 1.82) is 0 Å². The van der Waals surface area contributed by atoms with Crippen molar-refractivity contribution < 1.29 is 14.0 Å². The first kappa shape index (κ1) is 15.7. The lowest BCUT2D eigenvalue weighted by atomic mass is 10.2. The van der Waals surface area contributed by atoms with E-state index in [-0.39, 0.29) is 11.8 Å². The Balaban J connectivity index is 1.60. The Morgan fingerprint density at radius 2 is 2.04 bits per heavy atom. The van der Waals surface area contributed by atoms with E-state index in [0.717, 1.165) is 12.0 Å². The fraction of sp³-hybridized carbons (Fsp3) is 0.438. The van der Waals surface area contributed by atoms with Crippen LogP contribution >= 0.6 is 11.3 Å². The van der Waals surface area contributed by atoms with E-state index in [0.29, 0.717) is 44.1 Å². The average Bonchev–Trinajstić information content (AvgIpc) is 3.12. The van der Waals surface area contributed by atoms with Gasteiger partial charge in [0.1, 0.15) is 5.76 Å². The summed E-state index contributed by atoms with van der Waals surface area (Å²) in [4.78, 5) is 32.4. The van der Waals surface area contributed by atoms with Gasteiger partial charge in [-0.05, 0) is 35.7 Å². The molecule has 0 radical (unpaired) electrons. The molecular formula is C16H19N3O3S. The van der Waals surface area contributed by atoms with Gasteiger partial charge in [0.15, 0.2) is 12.1 Å². The predicted octanol–water partition coefficient (Wildman–Crippen LogP) is 1.96. The van der Waals surface area contributed by atoms with E-state index in [2.05, 4.69) is 4.98 Å². The maximum atomic E-state index is 12.5. The lowest BCUT2D eigenvalue weighted by Crippen LogP contribution is -2.38. The number of aryl methyl sites for hydroxylation is 1. The van der Waals surface area contributed by atoms with Crippen LogP contribution in [0.3, 0.4) is 0 Å². The Hall–Kier alpha value is -2.15. The highest BCUT2D eigenvalue weighted by Crippen LogP contribution is 2.13. The van der Waals surface area contributed by atoms with Gasteiger partial charge < -0.3 is 14.2 Å². The molecule has 6 nitrogen and oxygen atoms in total. The molecule has 2 amide bonds. The van der Waals surface area contributed by atoms with Gasteiger partial charge in [0.2, 0.25) is 5.91 Å². The van der Waals surface area contributed by atoms with Gasteiger partial charge in [-0.2, -0.15) is 11.3 Å². The van der Waals surface area contributed by atoms with Gasteiger partial charge in [0.25, 0.3) is 5.91 Å². The molecule has 7 heteroatoms. The molecule has 0 N–H and O–H groups in total. The molecule has 1 fully saturated rings. The number of thiophene rings is 1. The van der Waals surface area contributed by atoms with Gasteiger partial charge in [-0.15, -0.1) is 0 Å². The molecule has 3 heterocycles. The van der Waals surface area contributed by atoms with Gasteiger partial charge in [0.05, 0.1) is 6.42 Å². The van der Waals surface area contributed by atoms with Gasteiger partial charge in [-0.1, -0.05) is 0 Å². The fourth-order valence-corrected chi connectivity index (χ4v) is 3.38. The highest BCUT2D eigenvalue weighted by atomic mass is 32.1. The lowest BCUT2D eigenvalue weighted by Gasteiger charge is -2.21. The minimum atomic E-state index is -0.122. The lowest BCUT2D eigenvalue weighted by molar-refractivity contribution is -0.130. The second-order valence-electron chi connectivity index (χ2n) is 5.59. The van der Waals surface area contributed by atoms with Crippen LogP contribution in [0.4, 0.5) is 0 Å². The molecule has 0 atom stereocenters. The number of nitrogens with zero attached hydrogens (tertiary/aromatic N) is 3. The summed E-state index contributed by atoms with van der Waals surface area (Å²) in [6, 6.07) is 1.98. The van der Waals surface area contributed by atoms with Crippen molar-refractivity contribution in [2.75, 3.05) is 26.2 Å². The van der Waals surface area contributed by atoms with Crippen molar-refractivity contribution in [3.8, 4) is 0 Å². The number of oxazole rings is 1. The van der Waals surface area contributed by atoms with Gasteiger partial charge in [-0.3, -0.25) is 9.59 Å². The smallest absolute Gasteiger partial charge is 0.276 e. The first-order valence-electron chi connectivity index (χ1n) is 7.63. The van der Waals surface area contributed by atoms with E-state index in [9.17, 15) is 9.59 Å². The number of amides is 2. The fourth-order valence-electron chi connectivity index (χ4n) is 2.71. The topological polar surface area (TPSA) is 66.7 Å². The molecule has 1 saturated heterocycles. The van der Waals surface area contributed by atoms with Crippen molar-refractivity contribution in [2.45, 2.75) is 19.8 Å². The van der Waals surface area contributed by atoms with Crippen LogP contribution in [-0.2, 0) is 11.2 Å². The predicted molar refractivity (Wildman–Crippen MR) is 86.4 cm³/mol. The Morgan fingerprint density at radius 1 is 1.26 bits per heavy atom. The standard InChI is InChI=1S/C16H19N3O3S/c1-12-15(17-11-22-12)16(21)19-5-2-4-18(6-7-19)14(20)9-13-3-8-23-10-13/h3,8,10-11H,2,4-7,9H2,1H3. The first-order chi connectivity index (χ1) is 11.1. The molecule has 0 saturated carbocycles. The number of hydrogen-bond acceptors (Lipinski definition) is 5. The minimum Gasteiger partial charge on any atom is -0.448 e. The largest absolute Gasteiger partial charge is 0.448 e. The van der Waals surface area contributed by atoms with E-state index in [1.807, 2.05) is 21.7 Å². The summed E-state index contributed by atoms with van der Waals surface area (Å²) < 4.78 is 5.10. The summed E-state index contributed by atoms with van der Waals surface area (Å²) in [7, 11) is 0. The molecule has 0 unspecified atom stereocenters. The van der Waals surface area contributed by atoms with E-state index >= 15 is 0 Å².